The molecule has 0 aromatic heterocycles. The molecule has 12 heavy (non-hydrogen) atoms. The van der Waals surface area contributed by atoms with Crippen molar-refractivity contribution in [2.45, 2.75) is 25.8 Å². The Bertz CT molecular complexity index is 235. The molecule has 4 nitrogen and oxygen atoms in total. The smallest absolute Gasteiger partial charge is 0.315 e. The van der Waals surface area contributed by atoms with Crippen LogP contribution in [-0.4, -0.2) is 40.9 Å². The first-order chi connectivity index (χ1) is 5.74. The van der Waals surface area contributed by atoms with Crippen molar-refractivity contribution in [2.24, 2.45) is 0 Å². The van der Waals surface area contributed by atoms with Gasteiger partial charge in [-0.25, -0.2) is 4.79 Å². The average Bonchev–Trinajstić information content (AvgIpc) is 2.80. The molecule has 2 rings (SSSR count). The lowest BCUT2D eigenvalue weighted by Crippen LogP contribution is -2.34. The lowest BCUT2D eigenvalue weighted by molar-refractivity contribution is -0.125. The molecule has 3 amide bonds. The first-order valence-corrected chi connectivity index (χ1v) is 4.35. The normalized spacial score (nSPS) is 24.1. The molecular formula is C8H12N2O2. The number of nitrogens with zero attached hydrogens (tertiary/aromatic N) is 2. The minimum Gasteiger partial charge on any atom is -0.315 e. The third kappa shape index (κ3) is 0.983. The molecule has 1 saturated carbocycles. The van der Waals surface area contributed by atoms with Crippen LogP contribution in [0.4, 0.5) is 4.79 Å². The van der Waals surface area contributed by atoms with Crippen LogP contribution in [0.15, 0.2) is 0 Å². The summed E-state index contributed by atoms with van der Waals surface area (Å²) in [5, 5.41) is 0. The van der Waals surface area contributed by atoms with E-state index in [2.05, 4.69) is 0 Å². The first-order valence-electron chi connectivity index (χ1n) is 4.35. The van der Waals surface area contributed by atoms with Gasteiger partial charge in [0.25, 0.3) is 5.91 Å². The predicted octanol–water partition coefficient (Wildman–Crippen LogP) is 0.433. The highest BCUT2D eigenvalue weighted by molar-refractivity contribution is 6.02. The molecule has 0 radical (unpaired) electrons. The van der Waals surface area contributed by atoms with Crippen molar-refractivity contribution in [1.29, 1.82) is 0 Å². The van der Waals surface area contributed by atoms with Crippen LogP contribution < -0.4 is 0 Å². The molecule has 0 aromatic rings. The Hall–Kier alpha value is -1.06. The Morgan fingerprint density at radius 2 is 2.08 bits per heavy atom. The summed E-state index contributed by atoms with van der Waals surface area (Å²) in [6.45, 7) is 2.81. The number of carbonyl (C=O) groups is 2. The zero-order valence-corrected chi connectivity index (χ0v) is 7.12. The summed E-state index contributed by atoms with van der Waals surface area (Å²) in [7, 11) is 0. The molecule has 0 spiro atoms. The number of rotatable bonds is 2. The van der Waals surface area contributed by atoms with E-state index in [1.165, 1.54) is 4.90 Å². The molecule has 0 bridgehead atoms. The average molecular weight is 168 g/mol. The molecule has 1 aliphatic carbocycles. The summed E-state index contributed by atoms with van der Waals surface area (Å²) in [5.41, 5.74) is 0. The molecule has 0 N–H and O–H groups in total. The predicted molar refractivity (Wildman–Crippen MR) is 42.5 cm³/mol. The number of hydrogen-bond donors (Lipinski definition) is 0. The number of imide groups is 1. The van der Waals surface area contributed by atoms with Crippen LogP contribution in [0.5, 0.6) is 0 Å². The molecule has 0 aromatic carbocycles. The largest absolute Gasteiger partial charge is 0.327 e. The Morgan fingerprint density at radius 1 is 1.42 bits per heavy atom. The highest BCUT2D eigenvalue weighted by Gasteiger charge is 2.43. The van der Waals surface area contributed by atoms with Gasteiger partial charge in [0.15, 0.2) is 0 Å². The third-order valence-corrected chi connectivity index (χ3v) is 2.37. The van der Waals surface area contributed by atoms with Crippen LogP contribution in [-0.2, 0) is 4.79 Å². The van der Waals surface area contributed by atoms with E-state index < -0.39 is 0 Å². The highest BCUT2D eigenvalue weighted by Crippen LogP contribution is 2.30. The Labute approximate surface area is 71.1 Å². The van der Waals surface area contributed by atoms with Gasteiger partial charge in [-0.2, -0.15) is 0 Å². The van der Waals surface area contributed by atoms with Gasteiger partial charge in [0.05, 0.1) is 0 Å². The second-order valence-electron chi connectivity index (χ2n) is 3.29. The topological polar surface area (TPSA) is 40.6 Å². The second kappa shape index (κ2) is 2.47. The third-order valence-electron chi connectivity index (χ3n) is 2.37. The van der Waals surface area contributed by atoms with Gasteiger partial charge in [0, 0.05) is 12.6 Å². The summed E-state index contributed by atoms with van der Waals surface area (Å²) in [6, 6.07) is 0.131. The van der Waals surface area contributed by atoms with Gasteiger partial charge in [-0.15, -0.1) is 0 Å². The van der Waals surface area contributed by atoms with E-state index in [0.717, 1.165) is 12.8 Å². The van der Waals surface area contributed by atoms with Crippen LogP contribution >= 0.6 is 0 Å². The van der Waals surface area contributed by atoms with Crippen LogP contribution in [0.2, 0.25) is 0 Å². The Morgan fingerprint density at radius 3 is 2.50 bits per heavy atom. The number of likely N-dealkylation sites (N-methyl/N-ethyl adjacent to an activating group) is 1. The van der Waals surface area contributed by atoms with Crippen molar-refractivity contribution >= 4 is 11.9 Å². The van der Waals surface area contributed by atoms with E-state index >= 15 is 0 Å². The molecule has 0 unspecified atom stereocenters. The number of hydrogen-bond acceptors (Lipinski definition) is 2. The second-order valence-corrected chi connectivity index (χ2v) is 3.29. The van der Waals surface area contributed by atoms with Crippen molar-refractivity contribution in [2.75, 3.05) is 13.1 Å². The zero-order valence-electron chi connectivity index (χ0n) is 7.12. The van der Waals surface area contributed by atoms with Gasteiger partial charge >= 0.3 is 6.03 Å². The quantitative estimate of drug-likeness (QED) is 0.561. The maximum absolute atomic E-state index is 11.5. The fraction of sp³-hybridized carbons (Fsp3) is 0.750. The highest BCUT2D eigenvalue weighted by atomic mass is 16.2. The zero-order chi connectivity index (χ0) is 8.72. The molecule has 1 heterocycles. The lowest BCUT2D eigenvalue weighted by atomic mass is 10.5. The molecule has 2 aliphatic rings. The van der Waals surface area contributed by atoms with E-state index in [-0.39, 0.29) is 24.5 Å². The van der Waals surface area contributed by atoms with Crippen LogP contribution in [0.3, 0.4) is 0 Å². The molecule has 2 fully saturated rings. The van der Waals surface area contributed by atoms with Crippen molar-refractivity contribution in [3.05, 3.63) is 0 Å². The fourth-order valence-electron chi connectivity index (χ4n) is 1.51. The lowest BCUT2D eigenvalue weighted by Gasteiger charge is -2.14. The summed E-state index contributed by atoms with van der Waals surface area (Å²) in [6.07, 6.45) is 1.99. The van der Waals surface area contributed by atoms with Gasteiger partial charge in [-0.3, -0.25) is 9.69 Å². The van der Waals surface area contributed by atoms with Crippen LogP contribution in [0.1, 0.15) is 19.8 Å². The summed E-state index contributed by atoms with van der Waals surface area (Å²) < 4.78 is 0. The minimum atomic E-state index is -0.0926. The first kappa shape index (κ1) is 7.58. The molecule has 4 heteroatoms. The summed E-state index contributed by atoms with van der Waals surface area (Å²) >= 11 is 0. The van der Waals surface area contributed by atoms with Gasteiger partial charge < -0.3 is 4.90 Å². The minimum absolute atomic E-state index is 0.0237. The molecule has 66 valence electrons. The maximum Gasteiger partial charge on any atom is 0.327 e. The molecule has 1 saturated heterocycles. The van der Waals surface area contributed by atoms with E-state index in [1.54, 1.807) is 4.90 Å². The fourth-order valence-corrected chi connectivity index (χ4v) is 1.51. The van der Waals surface area contributed by atoms with Crippen LogP contribution in [0.25, 0.3) is 0 Å². The van der Waals surface area contributed by atoms with Gasteiger partial charge in [-0.05, 0) is 19.8 Å². The monoisotopic (exact) mass is 168 g/mol. The Balaban J connectivity index is 2.13. The van der Waals surface area contributed by atoms with Crippen molar-refractivity contribution in [3.63, 3.8) is 0 Å². The van der Waals surface area contributed by atoms with E-state index in [9.17, 15) is 9.59 Å². The number of urea groups is 1. The van der Waals surface area contributed by atoms with Crippen LogP contribution in [0, 0.1) is 0 Å². The number of amides is 3. The standard InChI is InChI=1S/C8H12N2O2/c1-2-9-5-7(11)10(8(9)12)6-3-4-6/h6H,2-5H2,1H3. The molecular weight excluding hydrogens is 156 g/mol. The van der Waals surface area contributed by atoms with Crippen molar-refractivity contribution in [3.8, 4) is 0 Å². The van der Waals surface area contributed by atoms with E-state index in [4.69, 9.17) is 0 Å². The Kier molecular flexibility index (Phi) is 1.56. The van der Waals surface area contributed by atoms with Gasteiger partial charge in [0.2, 0.25) is 0 Å². The van der Waals surface area contributed by atoms with E-state index in [1.807, 2.05) is 6.92 Å². The van der Waals surface area contributed by atoms with Gasteiger partial charge in [-0.1, -0.05) is 0 Å². The van der Waals surface area contributed by atoms with Crippen molar-refractivity contribution < 1.29 is 9.59 Å². The summed E-state index contributed by atoms with van der Waals surface area (Å²) in [4.78, 5) is 25.8. The van der Waals surface area contributed by atoms with E-state index in [0.29, 0.717) is 6.54 Å². The molecule has 1 aliphatic heterocycles. The number of carbonyl (C=O) groups excluding carboxylic acids is 2. The SMILES string of the molecule is CCN1CC(=O)N(C2CC2)C1=O. The maximum atomic E-state index is 11.5. The van der Waals surface area contributed by atoms with Gasteiger partial charge in [0.1, 0.15) is 6.54 Å². The van der Waals surface area contributed by atoms with Crippen molar-refractivity contribution in [1.82, 2.24) is 9.80 Å². The summed E-state index contributed by atoms with van der Waals surface area (Å²) in [5.74, 6) is -0.0237. The molecule has 0 atom stereocenters.